The molecule has 0 spiro atoms. The number of carbonyl (C=O) groups excluding carboxylic acids is 1. The molecule has 1 amide bonds. The molecule has 0 saturated carbocycles. The number of H-pyrrole nitrogens is 1. The average Bonchev–Trinajstić information content (AvgIpc) is 3.24. The van der Waals surface area contributed by atoms with Crippen molar-refractivity contribution in [2.75, 3.05) is 0 Å². The Kier molecular flexibility index (Phi) is 2.83. The minimum absolute atomic E-state index is 0.154. The zero-order valence-corrected chi connectivity index (χ0v) is 13.6. The van der Waals surface area contributed by atoms with Gasteiger partial charge in [0, 0.05) is 36.3 Å². The number of aromatic nitrogens is 4. The van der Waals surface area contributed by atoms with Crippen LogP contribution in [0.2, 0.25) is 0 Å². The molecule has 2 aliphatic heterocycles. The van der Waals surface area contributed by atoms with Crippen LogP contribution in [0.25, 0.3) is 22.3 Å². The number of fused-ring (bicyclic) bond motifs is 3. The van der Waals surface area contributed by atoms with Crippen molar-refractivity contribution in [3.63, 3.8) is 0 Å². The third kappa shape index (κ3) is 1.85. The van der Waals surface area contributed by atoms with Crippen molar-refractivity contribution in [1.29, 1.82) is 0 Å². The Morgan fingerprint density at radius 3 is 2.83 bits per heavy atom. The van der Waals surface area contributed by atoms with Crippen molar-refractivity contribution in [2.45, 2.75) is 37.8 Å². The molecule has 0 aliphatic carbocycles. The summed E-state index contributed by atoms with van der Waals surface area (Å²) in [4.78, 5) is 19.8. The molecule has 3 aromatic heterocycles. The minimum atomic E-state index is 0.154. The van der Waals surface area contributed by atoms with E-state index in [0.29, 0.717) is 12.1 Å². The molecule has 2 atom stereocenters. The van der Waals surface area contributed by atoms with Crippen LogP contribution in [0.3, 0.4) is 0 Å². The summed E-state index contributed by atoms with van der Waals surface area (Å²) in [7, 11) is 1.93. The number of rotatable bonds is 2. The second-order valence-corrected chi connectivity index (χ2v) is 6.87. The molecule has 3 aromatic rings. The number of nitrogens with one attached hydrogen (secondary N) is 1. The Labute approximate surface area is 139 Å². The average molecular weight is 321 g/mol. The van der Waals surface area contributed by atoms with Gasteiger partial charge in [-0.05, 0) is 43.9 Å². The first kappa shape index (κ1) is 13.8. The summed E-state index contributed by atoms with van der Waals surface area (Å²) < 4.78 is 1.93. The van der Waals surface area contributed by atoms with Crippen LogP contribution in [0.15, 0.2) is 30.6 Å². The van der Waals surface area contributed by atoms with E-state index in [1.165, 1.54) is 12.8 Å². The maximum absolute atomic E-state index is 13.0. The van der Waals surface area contributed by atoms with Gasteiger partial charge in [-0.1, -0.05) is 0 Å². The van der Waals surface area contributed by atoms with E-state index >= 15 is 0 Å². The molecule has 0 aromatic carbocycles. The normalized spacial score (nSPS) is 22.6. The van der Waals surface area contributed by atoms with Gasteiger partial charge in [-0.15, -0.1) is 0 Å². The van der Waals surface area contributed by atoms with Gasteiger partial charge in [-0.25, -0.2) is 4.98 Å². The highest BCUT2D eigenvalue weighted by Gasteiger charge is 2.44. The van der Waals surface area contributed by atoms with Crippen LogP contribution in [0.5, 0.6) is 0 Å². The maximum atomic E-state index is 13.0. The maximum Gasteiger partial charge on any atom is 0.271 e. The van der Waals surface area contributed by atoms with E-state index < -0.39 is 0 Å². The predicted molar refractivity (Wildman–Crippen MR) is 90.5 cm³/mol. The summed E-state index contributed by atoms with van der Waals surface area (Å²) in [5.74, 6) is 0.154. The summed E-state index contributed by atoms with van der Waals surface area (Å²) in [5, 5.41) is 7.78. The number of aromatic amines is 1. The van der Waals surface area contributed by atoms with Gasteiger partial charge in [-0.3, -0.25) is 9.89 Å². The largest absolute Gasteiger partial charge is 0.331 e. The lowest BCUT2D eigenvalue weighted by Crippen LogP contribution is -2.61. The minimum Gasteiger partial charge on any atom is -0.331 e. The van der Waals surface area contributed by atoms with Gasteiger partial charge in [0.2, 0.25) is 0 Å². The number of pyridine rings is 1. The molecule has 2 fully saturated rings. The zero-order chi connectivity index (χ0) is 16.3. The topological polar surface area (TPSA) is 66.8 Å². The van der Waals surface area contributed by atoms with Crippen molar-refractivity contribution in [3.05, 3.63) is 36.3 Å². The summed E-state index contributed by atoms with van der Waals surface area (Å²) in [6, 6.07) is 6.86. The highest BCUT2D eigenvalue weighted by atomic mass is 16.2. The number of hydrogen-bond acceptors (Lipinski definition) is 3. The van der Waals surface area contributed by atoms with E-state index in [4.69, 9.17) is 4.98 Å². The molecule has 6 heteroatoms. The van der Waals surface area contributed by atoms with Gasteiger partial charge >= 0.3 is 0 Å². The van der Waals surface area contributed by atoms with Gasteiger partial charge in [0.25, 0.3) is 5.91 Å². The molecule has 1 N–H and O–H groups in total. The van der Waals surface area contributed by atoms with Crippen molar-refractivity contribution < 1.29 is 4.79 Å². The fourth-order valence-electron chi connectivity index (χ4n) is 4.22. The molecule has 0 radical (unpaired) electrons. The zero-order valence-electron chi connectivity index (χ0n) is 13.6. The van der Waals surface area contributed by atoms with Gasteiger partial charge in [0.05, 0.1) is 11.9 Å². The number of piperidine rings is 1. The van der Waals surface area contributed by atoms with E-state index in [1.54, 1.807) is 6.20 Å². The first-order valence-corrected chi connectivity index (χ1v) is 8.50. The monoisotopic (exact) mass is 321 g/mol. The number of nitrogens with zero attached hydrogens (tertiary/aromatic N) is 4. The molecule has 5 heterocycles. The van der Waals surface area contributed by atoms with Gasteiger partial charge < -0.3 is 9.47 Å². The summed E-state index contributed by atoms with van der Waals surface area (Å²) in [6.07, 6.45) is 8.31. The van der Waals surface area contributed by atoms with Gasteiger partial charge in [0.15, 0.2) is 0 Å². The Morgan fingerprint density at radius 1 is 1.29 bits per heavy atom. The second kappa shape index (κ2) is 4.93. The van der Waals surface area contributed by atoms with Crippen molar-refractivity contribution in [3.8, 4) is 11.3 Å². The van der Waals surface area contributed by atoms with Crippen LogP contribution in [0, 0.1) is 0 Å². The van der Waals surface area contributed by atoms with Crippen LogP contribution >= 0.6 is 0 Å². The van der Waals surface area contributed by atoms with Crippen LogP contribution in [-0.4, -0.2) is 42.6 Å². The summed E-state index contributed by atoms with van der Waals surface area (Å²) >= 11 is 0. The first-order valence-electron chi connectivity index (χ1n) is 8.50. The molecule has 2 aliphatic rings. The van der Waals surface area contributed by atoms with E-state index in [0.717, 1.165) is 40.8 Å². The molecule has 24 heavy (non-hydrogen) atoms. The molecule has 2 bridgehead atoms. The van der Waals surface area contributed by atoms with Crippen LogP contribution in [0.4, 0.5) is 0 Å². The third-order valence-corrected chi connectivity index (χ3v) is 5.53. The molecule has 122 valence electrons. The van der Waals surface area contributed by atoms with E-state index in [2.05, 4.69) is 15.1 Å². The van der Waals surface area contributed by atoms with E-state index in [-0.39, 0.29) is 5.91 Å². The highest BCUT2D eigenvalue weighted by Crippen LogP contribution is 2.39. The predicted octanol–water partition coefficient (Wildman–Crippen LogP) is 2.73. The van der Waals surface area contributed by atoms with Crippen LogP contribution in [0.1, 0.15) is 36.2 Å². The number of aryl methyl sites for hydroxylation is 1. The molecular weight excluding hydrogens is 302 g/mol. The van der Waals surface area contributed by atoms with Crippen LogP contribution < -0.4 is 0 Å². The lowest BCUT2D eigenvalue weighted by Gasteiger charge is -2.52. The smallest absolute Gasteiger partial charge is 0.271 e. The fraction of sp³-hybridized carbons (Fsp3) is 0.389. The Balaban J connectivity index is 1.55. The van der Waals surface area contributed by atoms with E-state index in [9.17, 15) is 4.79 Å². The second-order valence-electron chi connectivity index (χ2n) is 6.87. The lowest BCUT2D eigenvalue weighted by atomic mass is 9.79. The molecule has 5 rings (SSSR count). The number of amides is 1. The van der Waals surface area contributed by atoms with Gasteiger partial charge in [-0.2, -0.15) is 5.10 Å². The standard InChI is InChI=1S/C18H19N5O/c1-22-16(18(24)23-13-3-2-4-14(23)8-13)7-11-5-6-15(21-17(11)22)12-9-19-20-10-12/h5-7,9-10,13-14H,2-4,8H2,1H3,(H,19,20). The number of hydrogen-bond donors (Lipinski definition) is 1. The molecular formula is C18H19N5O. The first-order chi connectivity index (χ1) is 11.7. The summed E-state index contributed by atoms with van der Waals surface area (Å²) in [6.45, 7) is 0. The number of carbonyl (C=O) groups is 1. The molecule has 2 saturated heterocycles. The fourth-order valence-corrected chi connectivity index (χ4v) is 4.22. The van der Waals surface area contributed by atoms with Gasteiger partial charge in [0.1, 0.15) is 11.3 Å². The van der Waals surface area contributed by atoms with Crippen molar-refractivity contribution in [2.24, 2.45) is 7.05 Å². The van der Waals surface area contributed by atoms with Crippen LogP contribution in [-0.2, 0) is 7.05 Å². The summed E-state index contributed by atoms with van der Waals surface area (Å²) in [5.41, 5.74) is 3.38. The molecule has 2 unspecified atom stereocenters. The van der Waals surface area contributed by atoms with Crippen molar-refractivity contribution >= 4 is 16.9 Å². The Morgan fingerprint density at radius 2 is 2.12 bits per heavy atom. The van der Waals surface area contributed by atoms with Crippen molar-refractivity contribution in [1.82, 2.24) is 24.6 Å². The Hall–Kier alpha value is -2.63. The quantitative estimate of drug-likeness (QED) is 0.789. The third-order valence-electron chi connectivity index (χ3n) is 5.53. The highest BCUT2D eigenvalue weighted by molar-refractivity contribution is 5.99. The molecule has 6 nitrogen and oxygen atoms in total. The lowest BCUT2D eigenvalue weighted by molar-refractivity contribution is -0.0123. The Bertz CT molecular complexity index is 912. The SMILES string of the molecule is Cn1c(C(=O)N2C3CCCC2C3)cc2ccc(-c3cn[nH]c3)nc21. The van der Waals surface area contributed by atoms with E-state index in [1.807, 2.05) is 36.0 Å².